The molecule has 1 amide bonds. The molecule has 6 heteroatoms. The van der Waals surface area contributed by atoms with Gasteiger partial charge in [-0.3, -0.25) is 14.9 Å². The molecular weight excluding hydrogens is 318 g/mol. The Balaban J connectivity index is 1.60. The van der Waals surface area contributed by atoms with Gasteiger partial charge >= 0.3 is 0 Å². The van der Waals surface area contributed by atoms with Gasteiger partial charge in [-0.05, 0) is 80.8 Å². The van der Waals surface area contributed by atoms with Crippen LogP contribution in [0.2, 0.25) is 0 Å². The van der Waals surface area contributed by atoms with Crippen molar-refractivity contribution in [3.05, 3.63) is 33.9 Å². The number of primary amides is 1. The molecule has 0 aliphatic heterocycles. The molecule has 4 aliphatic rings. The van der Waals surface area contributed by atoms with Gasteiger partial charge in [-0.1, -0.05) is 0 Å². The molecule has 4 aliphatic carbocycles. The lowest BCUT2D eigenvalue weighted by Gasteiger charge is -2.59. The van der Waals surface area contributed by atoms with E-state index in [4.69, 9.17) is 5.73 Å². The van der Waals surface area contributed by atoms with E-state index in [0.29, 0.717) is 5.69 Å². The van der Waals surface area contributed by atoms with Crippen molar-refractivity contribution >= 4 is 17.3 Å². The van der Waals surface area contributed by atoms with Crippen LogP contribution in [0.3, 0.4) is 0 Å². The highest BCUT2D eigenvalue weighted by atomic mass is 16.6. The van der Waals surface area contributed by atoms with E-state index < -0.39 is 10.8 Å². The number of nitrogens with zero attached hydrogens (tertiary/aromatic N) is 1. The van der Waals surface area contributed by atoms with Crippen LogP contribution in [0.4, 0.5) is 11.4 Å². The average molecular weight is 343 g/mol. The van der Waals surface area contributed by atoms with Crippen molar-refractivity contribution in [3.63, 3.8) is 0 Å². The van der Waals surface area contributed by atoms with Gasteiger partial charge in [0.2, 0.25) is 5.91 Å². The summed E-state index contributed by atoms with van der Waals surface area (Å²) in [5.74, 6) is 1.86. The molecule has 1 aromatic rings. The molecule has 1 atom stereocenters. The number of anilines is 1. The van der Waals surface area contributed by atoms with Crippen LogP contribution >= 0.6 is 0 Å². The van der Waals surface area contributed by atoms with Gasteiger partial charge in [-0.25, -0.2) is 0 Å². The summed E-state index contributed by atoms with van der Waals surface area (Å²) in [5, 5.41) is 14.9. The quantitative estimate of drug-likeness (QED) is 0.629. The minimum absolute atomic E-state index is 0.0760. The van der Waals surface area contributed by atoms with Crippen molar-refractivity contribution in [1.82, 2.24) is 0 Å². The first-order valence-electron chi connectivity index (χ1n) is 9.21. The van der Waals surface area contributed by atoms with Crippen LogP contribution in [-0.4, -0.2) is 16.9 Å². The number of hydrogen-bond acceptors (Lipinski definition) is 4. The lowest BCUT2D eigenvalue weighted by Crippen LogP contribution is -2.52. The molecule has 0 radical (unpaired) electrons. The first kappa shape index (κ1) is 16.4. The number of rotatable bonds is 5. The number of hydrogen-bond donors (Lipinski definition) is 2. The summed E-state index contributed by atoms with van der Waals surface area (Å²) in [5.41, 5.74) is 6.08. The van der Waals surface area contributed by atoms with E-state index in [1.54, 1.807) is 12.1 Å². The van der Waals surface area contributed by atoms with Gasteiger partial charge < -0.3 is 11.1 Å². The summed E-state index contributed by atoms with van der Waals surface area (Å²) in [7, 11) is 0. The Morgan fingerprint density at radius 2 is 1.80 bits per heavy atom. The fourth-order valence-corrected chi connectivity index (χ4v) is 6.05. The van der Waals surface area contributed by atoms with E-state index in [2.05, 4.69) is 12.2 Å². The molecule has 3 N–H and O–H groups in total. The smallest absolute Gasteiger partial charge is 0.293 e. The molecular formula is C19H25N3O3. The Hall–Kier alpha value is -2.11. The van der Waals surface area contributed by atoms with Crippen molar-refractivity contribution in [2.75, 3.05) is 5.32 Å². The van der Waals surface area contributed by atoms with E-state index in [9.17, 15) is 14.9 Å². The van der Waals surface area contributed by atoms with Crippen molar-refractivity contribution in [1.29, 1.82) is 0 Å². The number of carbonyl (C=O) groups excluding carboxylic acids is 1. The second-order valence-electron chi connectivity index (χ2n) is 8.50. The zero-order chi connectivity index (χ0) is 17.8. The number of carbonyl (C=O) groups is 1. The number of benzene rings is 1. The monoisotopic (exact) mass is 343 g/mol. The minimum Gasteiger partial charge on any atom is -0.376 e. The number of nitro groups is 1. The van der Waals surface area contributed by atoms with Gasteiger partial charge in [0.15, 0.2) is 0 Å². The Labute approximate surface area is 147 Å². The second kappa shape index (κ2) is 5.71. The van der Waals surface area contributed by atoms with Crippen LogP contribution < -0.4 is 11.1 Å². The summed E-state index contributed by atoms with van der Waals surface area (Å²) in [6, 6.07) is 4.63. The number of nitro benzene ring substituents is 1. The van der Waals surface area contributed by atoms with Gasteiger partial charge in [0.25, 0.3) is 5.69 Å². The second-order valence-corrected chi connectivity index (χ2v) is 8.50. The Bertz CT molecular complexity index is 695. The Kier molecular flexibility index (Phi) is 3.74. The minimum atomic E-state index is -0.649. The van der Waals surface area contributed by atoms with E-state index >= 15 is 0 Å². The lowest BCUT2D eigenvalue weighted by molar-refractivity contribution is -0.384. The van der Waals surface area contributed by atoms with Gasteiger partial charge in [0.05, 0.1) is 4.92 Å². The maximum absolute atomic E-state index is 11.4. The maximum Gasteiger partial charge on any atom is 0.293 e. The van der Waals surface area contributed by atoms with Gasteiger partial charge in [0.1, 0.15) is 5.69 Å². The van der Waals surface area contributed by atoms with Crippen molar-refractivity contribution < 1.29 is 9.72 Å². The molecule has 1 aromatic carbocycles. The van der Waals surface area contributed by atoms with Crippen LogP contribution in [0.5, 0.6) is 0 Å². The molecule has 4 saturated carbocycles. The van der Waals surface area contributed by atoms with Crippen LogP contribution in [0.1, 0.15) is 55.8 Å². The summed E-state index contributed by atoms with van der Waals surface area (Å²) in [6.45, 7) is 2.17. The summed E-state index contributed by atoms with van der Waals surface area (Å²) >= 11 is 0. The summed E-state index contributed by atoms with van der Waals surface area (Å²) in [6.07, 6.45) is 7.83. The molecule has 0 saturated heterocycles. The third-order valence-corrected chi connectivity index (χ3v) is 6.86. The first-order valence-corrected chi connectivity index (χ1v) is 9.21. The van der Waals surface area contributed by atoms with E-state index in [1.807, 2.05) is 0 Å². The van der Waals surface area contributed by atoms with Crippen LogP contribution in [0.25, 0.3) is 0 Å². The molecule has 4 bridgehead atoms. The number of nitrogens with two attached hydrogens (primary N) is 1. The highest BCUT2D eigenvalue weighted by molar-refractivity contribution is 5.94. The fourth-order valence-electron chi connectivity index (χ4n) is 6.05. The van der Waals surface area contributed by atoms with Crippen LogP contribution in [-0.2, 0) is 0 Å². The number of amides is 1. The molecule has 0 unspecified atom stereocenters. The standard InChI is InChI=1S/C19H25N3O3/c1-11(19-8-12-4-13(9-19)6-14(5-12)10-19)21-16-3-2-15(18(20)23)7-17(16)22(24)25/h2-3,7,11-14,21H,4-6,8-10H2,1H3,(H2,20,23)/t11-,12?,13?,14?,19?/m1/s1. The largest absolute Gasteiger partial charge is 0.376 e. The SMILES string of the molecule is C[C@@H](Nc1ccc(C(N)=O)cc1[N+](=O)[O-])C12CC3CC(CC(C3)C1)C2. The van der Waals surface area contributed by atoms with Gasteiger partial charge in [-0.15, -0.1) is 0 Å². The zero-order valence-electron chi connectivity index (χ0n) is 14.5. The van der Waals surface area contributed by atoms with E-state index in [-0.39, 0.29) is 22.7 Å². The van der Waals surface area contributed by atoms with Gasteiger partial charge in [-0.2, -0.15) is 0 Å². The van der Waals surface area contributed by atoms with Gasteiger partial charge in [0, 0.05) is 17.7 Å². The third kappa shape index (κ3) is 2.77. The average Bonchev–Trinajstić information content (AvgIpc) is 2.53. The predicted octanol–water partition coefficient (Wildman–Crippen LogP) is 3.71. The topological polar surface area (TPSA) is 98.3 Å². The molecule has 6 nitrogen and oxygen atoms in total. The molecule has 4 fully saturated rings. The fraction of sp³-hybridized carbons (Fsp3) is 0.632. The Morgan fingerprint density at radius 1 is 1.24 bits per heavy atom. The maximum atomic E-state index is 11.4. The van der Waals surface area contributed by atoms with Crippen molar-refractivity contribution in [3.8, 4) is 0 Å². The molecule has 5 rings (SSSR count). The van der Waals surface area contributed by atoms with E-state index in [0.717, 1.165) is 17.8 Å². The summed E-state index contributed by atoms with van der Waals surface area (Å²) < 4.78 is 0. The number of nitrogens with one attached hydrogen (secondary N) is 1. The normalized spacial score (nSPS) is 33.9. The molecule has 25 heavy (non-hydrogen) atoms. The molecule has 0 aromatic heterocycles. The molecule has 134 valence electrons. The highest BCUT2D eigenvalue weighted by Crippen LogP contribution is 2.61. The Morgan fingerprint density at radius 3 is 2.28 bits per heavy atom. The van der Waals surface area contributed by atoms with Crippen LogP contribution in [0.15, 0.2) is 18.2 Å². The zero-order valence-corrected chi connectivity index (χ0v) is 14.5. The van der Waals surface area contributed by atoms with Crippen molar-refractivity contribution in [2.24, 2.45) is 28.9 Å². The summed E-state index contributed by atoms with van der Waals surface area (Å²) in [4.78, 5) is 22.3. The first-order chi connectivity index (χ1) is 11.9. The molecule has 0 heterocycles. The third-order valence-electron chi connectivity index (χ3n) is 6.86. The van der Waals surface area contributed by atoms with Crippen molar-refractivity contribution in [2.45, 2.75) is 51.5 Å². The lowest BCUT2D eigenvalue weighted by atomic mass is 9.48. The molecule has 0 spiro atoms. The predicted molar refractivity (Wildman–Crippen MR) is 95.3 cm³/mol. The van der Waals surface area contributed by atoms with Crippen LogP contribution in [0, 0.1) is 33.3 Å². The highest BCUT2D eigenvalue weighted by Gasteiger charge is 2.53. The van der Waals surface area contributed by atoms with E-state index in [1.165, 1.54) is 44.6 Å².